The molecule has 0 aliphatic heterocycles. The second-order valence-electron chi connectivity index (χ2n) is 20.3. The van der Waals surface area contributed by atoms with Crippen molar-refractivity contribution >= 4 is 58.6 Å². The van der Waals surface area contributed by atoms with E-state index in [1.165, 1.54) is 69.3 Å². The number of halogens is 1. The summed E-state index contributed by atoms with van der Waals surface area (Å²) in [5, 5.41) is 10.7. The molecule has 5 rings (SSSR count). The van der Waals surface area contributed by atoms with Crippen molar-refractivity contribution in [3.05, 3.63) is 37.0 Å². The predicted molar refractivity (Wildman–Crippen MR) is 257 cm³/mol. The molecule has 1 aromatic heterocycles. The van der Waals surface area contributed by atoms with Gasteiger partial charge in [-0.1, -0.05) is 39.8 Å². The number of allylic oxidation sites excluding steroid dienone is 2. The van der Waals surface area contributed by atoms with Gasteiger partial charge >= 0.3 is 11.9 Å². The van der Waals surface area contributed by atoms with Crippen LogP contribution >= 0.6 is 35.7 Å². The lowest BCUT2D eigenvalue weighted by atomic mass is 9.71. The molecule has 0 radical (unpaired) electrons. The summed E-state index contributed by atoms with van der Waals surface area (Å²) in [5.74, 6) is 10.4. The Labute approximate surface area is 384 Å². The molecule has 342 valence electrons. The van der Waals surface area contributed by atoms with E-state index in [4.69, 9.17) is 20.3 Å². The Balaban J connectivity index is 0.000000332. The molecule has 0 bridgehead atoms. The van der Waals surface area contributed by atoms with Gasteiger partial charge in [0.1, 0.15) is 22.9 Å². The molecule has 1 aromatic rings. The quantitative estimate of drug-likeness (QED) is 0.0214. The monoisotopic (exact) mass is 969 g/mol. The number of hydrogen-bond donors (Lipinski definition) is 2. The number of esters is 2. The van der Waals surface area contributed by atoms with E-state index in [9.17, 15) is 14.4 Å². The van der Waals surface area contributed by atoms with E-state index in [1.54, 1.807) is 26.8 Å². The van der Waals surface area contributed by atoms with E-state index in [0.717, 1.165) is 41.2 Å². The third-order valence-corrected chi connectivity index (χ3v) is 11.8. The molecule has 4 aliphatic carbocycles. The number of rotatable bonds is 18. The minimum atomic E-state index is -0.547. The van der Waals surface area contributed by atoms with Gasteiger partial charge < -0.3 is 14.0 Å². The Morgan fingerprint density at radius 1 is 0.850 bits per heavy atom. The molecule has 1 heterocycles. The topological polar surface area (TPSA) is 151 Å². The normalized spacial score (nSPS) is 22.3. The molecule has 1 amide bonds. The maximum atomic E-state index is 12.5. The van der Waals surface area contributed by atoms with Crippen molar-refractivity contribution in [3.8, 4) is 0 Å². The first-order valence-electron chi connectivity index (χ1n) is 22.4. The highest BCUT2D eigenvalue weighted by Crippen LogP contribution is 2.48. The van der Waals surface area contributed by atoms with Gasteiger partial charge in [0, 0.05) is 23.8 Å². The minimum Gasteiger partial charge on any atom is -0.460 e. The SMILES string of the molecule is C=CCC(CC(=O)OC(C)(C)C)C(=O)NN.C=CCC(CC(=O)OC(C)(C)C)c1nnc(C2CC(CC(C)C)C2)n1C1CC1.CSC(=NC1CC1)C1CC(CC(C)C)C1.I. The van der Waals surface area contributed by atoms with Gasteiger partial charge in [0.05, 0.1) is 29.8 Å². The molecular formula is C47H81IN6O5S. The predicted octanol–water partition coefficient (Wildman–Crippen LogP) is 11.0. The number of nitrogens with zero attached hydrogens (tertiary/aromatic N) is 4. The first-order valence-corrected chi connectivity index (χ1v) is 23.6. The van der Waals surface area contributed by atoms with Crippen molar-refractivity contribution in [2.45, 2.75) is 194 Å². The van der Waals surface area contributed by atoms with Crippen LogP contribution in [0.25, 0.3) is 0 Å². The van der Waals surface area contributed by atoms with E-state index < -0.39 is 23.1 Å². The molecule has 60 heavy (non-hydrogen) atoms. The second-order valence-corrected chi connectivity index (χ2v) is 21.1. The highest BCUT2D eigenvalue weighted by molar-refractivity contribution is 14.0. The van der Waals surface area contributed by atoms with Crippen molar-refractivity contribution in [1.82, 2.24) is 20.2 Å². The molecule has 4 saturated carbocycles. The summed E-state index contributed by atoms with van der Waals surface area (Å²) >= 11 is 1.89. The molecule has 11 nitrogen and oxygen atoms in total. The van der Waals surface area contributed by atoms with Crippen molar-refractivity contribution in [2.24, 2.45) is 46.3 Å². The number of carbonyl (C=O) groups is 3. The number of carbonyl (C=O) groups excluding carboxylic acids is 3. The van der Waals surface area contributed by atoms with Gasteiger partial charge in [-0.25, -0.2) is 5.84 Å². The molecule has 0 aromatic carbocycles. The van der Waals surface area contributed by atoms with E-state index >= 15 is 0 Å². The number of nitrogens with two attached hydrogens (primary N) is 1. The van der Waals surface area contributed by atoms with Crippen molar-refractivity contribution in [2.75, 3.05) is 6.26 Å². The maximum Gasteiger partial charge on any atom is 0.307 e. The van der Waals surface area contributed by atoms with Gasteiger partial charge in [-0.05, 0) is 149 Å². The molecule has 0 saturated heterocycles. The number of ether oxygens (including phenoxy) is 2. The van der Waals surface area contributed by atoms with Crippen molar-refractivity contribution < 1.29 is 23.9 Å². The Morgan fingerprint density at radius 3 is 1.80 bits per heavy atom. The fourth-order valence-corrected chi connectivity index (χ4v) is 8.92. The third kappa shape index (κ3) is 19.4. The lowest BCUT2D eigenvalue weighted by Crippen LogP contribution is -2.37. The minimum absolute atomic E-state index is 0. The van der Waals surface area contributed by atoms with Crippen LogP contribution in [0.1, 0.15) is 189 Å². The third-order valence-electron chi connectivity index (χ3n) is 11.0. The van der Waals surface area contributed by atoms with Crippen LogP contribution in [0.4, 0.5) is 0 Å². The highest BCUT2D eigenvalue weighted by atomic mass is 127. The van der Waals surface area contributed by atoms with Crippen LogP contribution in [0.2, 0.25) is 0 Å². The largest absolute Gasteiger partial charge is 0.460 e. The molecule has 4 aliphatic rings. The molecule has 2 unspecified atom stereocenters. The molecule has 3 N–H and O–H groups in total. The summed E-state index contributed by atoms with van der Waals surface area (Å²) in [6.45, 7) is 27.7. The van der Waals surface area contributed by atoms with E-state index in [1.807, 2.05) is 44.0 Å². The van der Waals surface area contributed by atoms with Gasteiger partial charge in [-0.2, -0.15) is 0 Å². The lowest BCUT2D eigenvalue weighted by molar-refractivity contribution is -0.157. The first-order chi connectivity index (χ1) is 27.7. The number of aliphatic imine (C=N–C) groups is 1. The van der Waals surface area contributed by atoms with Gasteiger partial charge in [0.2, 0.25) is 5.91 Å². The fourth-order valence-electron chi connectivity index (χ4n) is 8.14. The van der Waals surface area contributed by atoms with Crippen LogP contribution in [0.3, 0.4) is 0 Å². The number of aromatic nitrogens is 3. The van der Waals surface area contributed by atoms with E-state index in [2.05, 4.69) is 61.9 Å². The summed E-state index contributed by atoms with van der Waals surface area (Å²) in [4.78, 5) is 40.1. The second kappa shape index (κ2) is 25.1. The summed E-state index contributed by atoms with van der Waals surface area (Å²) in [6.07, 6.45) is 20.1. The van der Waals surface area contributed by atoms with Gasteiger partial charge in [-0.3, -0.25) is 24.8 Å². The number of thioether (sulfide) groups is 1. The molecule has 13 heteroatoms. The summed E-state index contributed by atoms with van der Waals surface area (Å²) in [5.41, 5.74) is 1.01. The standard InChI is InChI=1S/C23H37N3O2.C13H23NS.C11H20N2O3.HI/c1-7-8-17(14-20(27)28-23(4,5)6)21-24-25-22(26(21)19-9-10-19)18-12-16(13-18)11-15(2)3;1-9(2)6-10-7-11(8-10)13(15-3)14-12-4-5-12;1-5-6-8(10(15)13-12)7-9(14)16-11(2,3)4;/h7,15-19H,1,8-14H2,2-6H3;9-12H,4-8H2,1-3H3;5,8H,1,6-7,12H2,2-4H3,(H,13,15);1H. The summed E-state index contributed by atoms with van der Waals surface area (Å²) in [6, 6.07) is 1.21. The molecule has 0 spiro atoms. The Hall–Kier alpha value is -2.26. The fraction of sp³-hybridized carbons (Fsp3) is 0.787. The van der Waals surface area contributed by atoms with Crippen LogP contribution in [0.15, 0.2) is 30.3 Å². The Bertz CT molecular complexity index is 1550. The van der Waals surface area contributed by atoms with Crippen LogP contribution in [-0.4, -0.2) is 61.2 Å². The zero-order valence-electron chi connectivity index (χ0n) is 39.0. The number of nitrogens with one attached hydrogen (secondary N) is 1. The van der Waals surface area contributed by atoms with Crippen LogP contribution in [-0.2, 0) is 23.9 Å². The maximum absolute atomic E-state index is 12.5. The van der Waals surface area contributed by atoms with Crippen LogP contribution < -0.4 is 11.3 Å². The zero-order chi connectivity index (χ0) is 44.1. The average molecular weight is 969 g/mol. The Morgan fingerprint density at radius 2 is 1.37 bits per heavy atom. The van der Waals surface area contributed by atoms with E-state index in [0.29, 0.717) is 37.3 Å². The number of hydrogen-bond acceptors (Lipinski definition) is 10. The van der Waals surface area contributed by atoms with Gasteiger partial charge in [-0.15, -0.1) is 59.1 Å². The average Bonchev–Trinajstić information content (AvgIpc) is 4.03. The highest BCUT2D eigenvalue weighted by Gasteiger charge is 2.40. The van der Waals surface area contributed by atoms with Gasteiger partial charge in [0.25, 0.3) is 0 Å². The lowest BCUT2D eigenvalue weighted by Gasteiger charge is -2.36. The number of amides is 1. The zero-order valence-corrected chi connectivity index (χ0v) is 42.1. The molecular weight excluding hydrogens is 888 g/mol. The van der Waals surface area contributed by atoms with Crippen LogP contribution in [0.5, 0.6) is 0 Å². The van der Waals surface area contributed by atoms with Crippen molar-refractivity contribution in [3.63, 3.8) is 0 Å². The van der Waals surface area contributed by atoms with E-state index in [-0.39, 0.29) is 48.2 Å². The molecule has 2 atom stereocenters. The summed E-state index contributed by atoms with van der Waals surface area (Å²) < 4.78 is 13.0. The molecule has 4 fully saturated rings. The smallest absolute Gasteiger partial charge is 0.307 e. The number of hydrazine groups is 1. The van der Waals surface area contributed by atoms with Gasteiger partial charge in [0.15, 0.2) is 0 Å². The van der Waals surface area contributed by atoms with Crippen molar-refractivity contribution in [1.29, 1.82) is 0 Å². The summed E-state index contributed by atoms with van der Waals surface area (Å²) in [7, 11) is 0. The Kier molecular flexibility index (Phi) is 22.6. The first kappa shape index (κ1) is 53.9. The van der Waals surface area contributed by atoms with Crippen LogP contribution in [0, 0.1) is 35.5 Å².